The summed E-state index contributed by atoms with van der Waals surface area (Å²) in [4.78, 5) is 24.3. The lowest BCUT2D eigenvalue weighted by Gasteiger charge is -2.17. The van der Waals surface area contributed by atoms with Crippen molar-refractivity contribution in [1.82, 2.24) is 4.90 Å². The molecule has 1 aliphatic heterocycles. The molecule has 1 atom stereocenters. The van der Waals surface area contributed by atoms with Crippen LogP contribution in [0, 0.1) is 5.92 Å². The molecule has 1 saturated heterocycles. The summed E-state index contributed by atoms with van der Waals surface area (Å²) < 4.78 is 0.749. The fraction of sp³-hybridized carbons (Fsp3) is 0.333. The molecule has 19 heavy (non-hydrogen) atoms. The molecule has 0 aliphatic carbocycles. The summed E-state index contributed by atoms with van der Waals surface area (Å²) in [5, 5.41) is 12.1. The zero-order valence-electron chi connectivity index (χ0n) is 9.90. The largest absolute Gasteiger partial charge is 0.481 e. The molecule has 1 unspecified atom stereocenters. The summed E-state index contributed by atoms with van der Waals surface area (Å²) >= 11 is 9.20. The lowest BCUT2D eigenvalue weighted by Crippen LogP contribution is -2.33. The first kappa shape index (κ1) is 14.1. The van der Waals surface area contributed by atoms with Crippen molar-refractivity contribution in [1.29, 1.82) is 0 Å². The Morgan fingerprint density at radius 3 is 2.79 bits per heavy atom. The average molecular weight is 348 g/mol. The molecule has 2 N–H and O–H groups in total. The number of halogens is 2. The Bertz CT molecular complexity index is 524. The van der Waals surface area contributed by atoms with Crippen molar-refractivity contribution < 1.29 is 14.7 Å². The molecule has 5 nitrogen and oxygen atoms in total. The van der Waals surface area contributed by atoms with Gasteiger partial charge in [-0.3, -0.25) is 4.79 Å². The number of nitrogens with zero attached hydrogens (tertiary/aromatic N) is 1. The average Bonchev–Trinajstić information content (AvgIpc) is 2.83. The number of hydrogen-bond donors (Lipinski definition) is 2. The molecule has 0 saturated carbocycles. The van der Waals surface area contributed by atoms with Crippen LogP contribution < -0.4 is 5.32 Å². The zero-order valence-corrected chi connectivity index (χ0v) is 12.2. The second-order valence-electron chi connectivity index (χ2n) is 4.33. The quantitative estimate of drug-likeness (QED) is 0.864. The summed E-state index contributed by atoms with van der Waals surface area (Å²) in [5.74, 6) is -1.33. The minimum atomic E-state index is -0.859. The van der Waals surface area contributed by atoms with Gasteiger partial charge in [0.15, 0.2) is 0 Å². The number of carboxylic acids is 1. The maximum atomic E-state index is 11.9. The van der Waals surface area contributed by atoms with Crippen LogP contribution in [0.1, 0.15) is 6.42 Å². The van der Waals surface area contributed by atoms with Crippen molar-refractivity contribution in [3.05, 3.63) is 27.7 Å². The predicted molar refractivity (Wildman–Crippen MR) is 75.5 cm³/mol. The summed E-state index contributed by atoms with van der Waals surface area (Å²) in [6.45, 7) is 0.693. The first-order valence-electron chi connectivity index (χ1n) is 5.71. The van der Waals surface area contributed by atoms with Crippen LogP contribution in [0.5, 0.6) is 0 Å². The van der Waals surface area contributed by atoms with Crippen LogP contribution in [0.4, 0.5) is 10.5 Å². The lowest BCUT2D eigenvalue weighted by atomic mass is 10.1. The van der Waals surface area contributed by atoms with Crippen molar-refractivity contribution in [2.45, 2.75) is 6.42 Å². The predicted octanol–water partition coefficient (Wildman–Crippen LogP) is 3.04. The molecular formula is C12H12BrClN2O3. The Morgan fingerprint density at radius 2 is 2.21 bits per heavy atom. The molecule has 0 radical (unpaired) electrons. The van der Waals surface area contributed by atoms with Gasteiger partial charge in [0.1, 0.15) is 0 Å². The van der Waals surface area contributed by atoms with Crippen LogP contribution in [0.3, 0.4) is 0 Å². The minimum absolute atomic E-state index is 0.241. The van der Waals surface area contributed by atoms with E-state index < -0.39 is 11.9 Å². The highest BCUT2D eigenvalue weighted by Gasteiger charge is 2.30. The number of aliphatic carboxylic acids is 1. The fourth-order valence-corrected chi connectivity index (χ4v) is 2.35. The summed E-state index contributed by atoms with van der Waals surface area (Å²) in [6, 6.07) is 4.79. The Kier molecular flexibility index (Phi) is 4.31. The standard InChI is InChI=1S/C12H12BrClN2O3/c13-9-2-1-8(5-10(9)14)15-12(19)16-4-3-7(6-16)11(17)18/h1-2,5,7H,3-4,6H2,(H,15,19)(H,17,18). The van der Waals surface area contributed by atoms with E-state index in [0.29, 0.717) is 23.7 Å². The lowest BCUT2D eigenvalue weighted by molar-refractivity contribution is -0.141. The molecule has 0 spiro atoms. The highest BCUT2D eigenvalue weighted by molar-refractivity contribution is 9.10. The van der Waals surface area contributed by atoms with E-state index >= 15 is 0 Å². The highest BCUT2D eigenvalue weighted by Crippen LogP contribution is 2.26. The van der Waals surface area contributed by atoms with Crippen molar-refractivity contribution >= 4 is 45.2 Å². The van der Waals surface area contributed by atoms with E-state index in [1.165, 1.54) is 4.90 Å². The minimum Gasteiger partial charge on any atom is -0.481 e. The molecule has 0 bridgehead atoms. The number of rotatable bonds is 2. The van der Waals surface area contributed by atoms with Gasteiger partial charge >= 0.3 is 12.0 Å². The Hall–Kier alpha value is -1.27. The number of anilines is 1. The number of nitrogens with one attached hydrogen (secondary N) is 1. The van der Waals surface area contributed by atoms with Crippen LogP contribution >= 0.6 is 27.5 Å². The van der Waals surface area contributed by atoms with Gasteiger partial charge in [0, 0.05) is 23.2 Å². The molecule has 1 aromatic carbocycles. The third kappa shape index (κ3) is 3.39. The van der Waals surface area contributed by atoms with E-state index in [2.05, 4.69) is 21.2 Å². The third-order valence-corrected chi connectivity index (χ3v) is 4.23. The van der Waals surface area contributed by atoms with E-state index in [9.17, 15) is 9.59 Å². The van der Waals surface area contributed by atoms with Gasteiger partial charge in [-0.05, 0) is 40.5 Å². The van der Waals surface area contributed by atoms with Crippen LogP contribution in [-0.4, -0.2) is 35.1 Å². The van der Waals surface area contributed by atoms with E-state index in [0.717, 1.165) is 4.47 Å². The van der Waals surface area contributed by atoms with Gasteiger partial charge in [0.25, 0.3) is 0 Å². The van der Waals surface area contributed by atoms with Gasteiger partial charge in [0.05, 0.1) is 10.9 Å². The molecule has 2 amide bonds. The number of likely N-dealkylation sites (tertiary alicyclic amines) is 1. The summed E-state index contributed by atoms with van der Waals surface area (Å²) in [5.41, 5.74) is 0.581. The molecule has 1 aromatic rings. The monoisotopic (exact) mass is 346 g/mol. The molecule has 7 heteroatoms. The Balaban J connectivity index is 1.98. The van der Waals surface area contributed by atoms with Crippen LogP contribution in [0.2, 0.25) is 5.02 Å². The second-order valence-corrected chi connectivity index (χ2v) is 5.59. The molecule has 0 aromatic heterocycles. The molecular weight excluding hydrogens is 336 g/mol. The van der Waals surface area contributed by atoms with Gasteiger partial charge in [-0.1, -0.05) is 11.6 Å². The number of hydrogen-bond acceptors (Lipinski definition) is 2. The first-order valence-corrected chi connectivity index (χ1v) is 6.88. The molecule has 2 rings (SSSR count). The van der Waals surface area contributed by atoms with Gasteiger partial charge < -0.3 is 15.3 Å². The Labute approximate surface area is 123 Å². The molecule has 1 fully saturated rings. The number of carbonyl (C=O) groups excluding carboxylic acids is 1. The van der Waals surface area contributed by atoms with Gasteiger partial charge in [-0.15, -0.1) is 0 Å². The zero-order chi connectivity index (χ0) is 14.0. The number of carboxylic acid groups (broad SMARTS) is 1. The fourth-order valence-electron chi connectivity index (χ4n) is 1.92. The van der Waals surface area contributed by atoms with Crippen LogP contribution in [0.15, 0.2) is 22.7 Å². The van der Waals surface area contributed by atoms with Crippen molar-refractivity contribution in [3.8, 4) is 0 Å². The summed E-state index contributed by atoms with van der Waals surface area (Å²) in [6.07, 6.45) is 0.490. The van der Waals surface area contributed by atoms with Crippen molar-refractivity contribution in [3.63, 3.8) is 0 Å². The van der Waals surface area contributed by atoms with Gasteiger partial charge in [0.2, 0.25) is 0 Å². The number of amides is 2. The molecule has 102 valence electrons. The topological polar surface area (TPSA) is 69.6 Å². The maximum Gasteiger partial charge on any atom is 0.321 e. The highest BCUT2D eigenvalue weighted by atomic mass is 79.9. The SMILES string of the molecule is O=C(O)C1CCN(C(=O)Nc2ccc(Br)c(Cl)c2)C1. The van der Waals surface area contributed by atoms with Crippen molar-refractivity contribution in [2.24, 2.45) is 5.92 Å². The van der Waals surface area contributed by atoms with E-state index in [1.807, 2.05) is 0 Å². The number of urea groups is 1. The van der Waals surface area contributed by atoms with E-state index in [4.69, 9.17) is 16.7 Å². The van der Waals surface area contributed by atoms with Crippen LogP contribution in [-0.2, 0) is 4.79 Å². The van der Waals surface area contributed by atoms with Gasteiger partial charge in [-0.2, -0.15) is 0 Å². The maximum absolute atomic E-state index is 11.9. The van der Waals surface area contributed by atoms with E-state index in [-0.39, 0.29) is 12.6 Å². The number of benzene rings is 1. The third-order valence-electron chi connectivity index (χ3n) is 3.00. The smallest absolute Gasteiger partial charge is 0.321 e. The van der Waals surface area contributed by atoms with Crippen molar-refractivity contribution in [2.75, 3.05) is 18.4 Å². The Morgan fingerprint density at radius 1 is 1.47 bits per heavy atom. The first-order chi connectivity index (χ1) is 8.97. The van der Waals surface area contributed by atoms with Crippen LogP contribution in [0.25, 0.3) is 0 Å². The normalized spacial score (nSPS) is 18.4. The second kappa shape index (κ2) is 5.79. The molecule has 1 heterocycles. The molecule has 1 aliphatic rings. The summed E-state index contributed by atoms with van der Waals surface area (Å²) in [7, 11) is 0. The van der Waals surface area contributed by atoms with E-state index in [1.54, 1.807) is 18.2 Å². The van der Waals surface area contributed by atoms with Gasteiger partial charge in [-0.25, -0.2) is 4.79 Å². The number of carbonyl (C=O) groups is 2.